The van der Waals surface area contributed by atoms with E-state index < -0.39 is 11.7 Å². The minimum absolute atomic E-state index is 0.230. The zero-order valence-electron chi connectivity index (χ0n) is 17.2. The molecule has 1 heterocycles. The molecule has 0 saturated carbocycles. The molecular formula is C22H23ClF3N5. The van der Waals surface area contributed by atoms with Gasteiger partial charge in [-0.05, 0) is 45.3 Å². The third-order valence-corrected chi connectivity index (χ3v) is 4.73. The second-order valence-electron chi connectivity index (χ2n) is 7.23. The Morgan fingerprint density at radius 1 is 1.00 bits per heavy atom. The molecule has 164 valence electrons. The number of hydrogen-bond donors (Lipinski definition) is 2. The summed E-state index contributed by atoms with van der Waals surface area (Å²) < 4.78 is 39.6. The van der Waals surface area contributed by atoms with Crippen LogP contribution in [0.5, 0.6) is 0 Å². The number of alkyl halides is 3. The van der Waals surface area contributed by atoms with Crippen molar-refractivity contribution in [3.8, 4) is 11.3 Å². The van der Waals surface area contributed by atoms with Gasteiger partial charge in [0.05, 0.1) is 16.3 Å². The van der Waals surface area contributed by atoms with Crippen LogP contribution in [-0.4, -0.2) is 42.1 Å². The maximum absolute atomic E-state index is 13.2. The van der Waals surface area contributed by atoms with Crippen molar-refractivity contribution in [2.45, 2.75) is 12.6 Å². The molecule has 3 aromatic rings. The van der Waals surface area contributed by atoms with E-state index in [4.69, 9.17) is 11.6 Å². The van der Waals surface area contributed by atoms with Crippen LogP contribution in [0.1, 0.15) is 12.0 Å². The van der Waals surface area contributed by atoms with Crippen molar-refractivity contribution in [2.75, 3.05) is 37.8 Å². The Balaban J connectivity index is 1.89. The van der Waals surface area contributed by atoms with Crippen LogP contribution in [0.15, 0.2) is 54.6 Å². The van der Waals surface area contributed by atoms with Gasteiger partial charge in [0.25, 0.3) is 0 Å². The average molecular weight is 450 g/mol. The monoisotopic (exact) mass is 449 g/mol. The second-order valence-corrected chi connectivity index (χ2v) is 7.64. The molecule has 9 heteroatoms. The van der Waals surface area contributed by atoms with E-state index in [-0.39, 0.29) is 10.7 Å². The Morgan fingerprint density at radius 2 is 1.74 bits per heavy atom. The lowest BCUT2D eigenvalue weighted by Gasteiger charge is -2.14. The second kappa shape index (κ2) is 9.98. The largest absolute Gasteiger partial charge is 0.417 e. The molecule has 2 N–H and O–H groups in total. The predicted octanol–water partition coefficient (Wildman–Crippen LogP) is 5.92. The minimum Gasteiger partial charge on any atom is -0.354 e. The maximum Gasteiger partial charge on any atom is 0.417 e. The van der Waals surface area contributed by atoms with Gasteiger partial charge in [-0.2, -0.15) is 18.2 Å². The van der Waals surface area contributed by atoms with Crippen LogP contribution in [-0.2, 0) is 6.18 Å². The molecule has 0 fully saturated rings. The molecule has 1 aromatic heterocycles. The van der Waals surface area contributed by atoms with Crippen molar-refractivity contribution in [1.29, 1.82) is 0 Å². The van der Waals surface area contributed by atoms with E-state index >= 15 is 0 Å². The zero-order valence-corrected chi connectivity index (χ0v) is 17.9. The van der Waals surface area contributed by atoms with Crippen molar-refractivity contribution >= 4 is 29.1 Å². The molecule has 0 unspecified atom stereocenters. The fourth-order valence-corrected chi connectivity index (χ4v) is 3.14. The van der Waals surface area contributed by atoms with Crippen molar-refractivity contribution < 1.29 is 13.2 Å². The normalized spacial score (nSPS) is 11.6. The van der Waals surface area contributed by atoms with E-state index in [9.17, 15) is 13.2 Å². The standard InChI is InChI=1S/C22H23ClF3N5/c1-31(2)12-6-11-27-21-29-19(15-7-4-3-5-8-15)14-20(30-21)28-16-9-10-18(23)17(13-16)22(24,25)26/h3-5,7-10,13-14H,6,11-12H2,1-2H3,(H2,27,28,29,30). The van der Waals surface area contributed by atoms with Gasteiger partial charge in [0, 0.05) is 23.9 Å². The highest BCUT2D eigenvalue weighted by molar-refractivity contribution is 6.31. The summed E-state index contributed by atoms with van der Waals surface area (Å²) in [7, 11) is 3.99. The summed E-state index contributed by atoms with van der Waals surface area (Å²) in [5, 5.41) is 5.78. The Morgan fingerprint density at radius 3 is 2.42 bits per heavy atom. The van der Waals surface area contributed by atoms with Crippen LogP contribution in [0, 0.1) is 0 Å². The first-order valence-electron chi connectivity index (χ1n) is 9.69. The highest BCUT2D eigenvalue weighted by Crippen LogP contribution is 2.36. The van der Waals surface area contributed by atoms with E-state index in [1.54, 1.807) is 6.07 Å². The number of rotatable bonds is 8. The summed E-state index contributed by atoms with van der Waals surface area (Å²) in [6.45, 7) is 1.57. The van der Waals surface area contributed by atoms with Crippen LogP contribution in [0.3, 0.4) is 0 Å². The highest BCUT2D eigenvalue weighted by atomic mass is 35.5. The van der Waals surface area contributed by atoms with Crippen molar-refractivity contribution in [3.63, 3.8) is 0 Å². The third-order valence-electron chi connectivity index (χ3n) is 4.41. The maximum atomic E-state index is 13.2. The first kappa shape index (κ1) is 22.8. The topological polar surface area (TPSA) is 53.1 Å². The molecule has 0 amide bonds. The molecule has 0 radical (unpaired) electrons. The predicted molar refractivity (Wildman–Crippen MR) is 119 cm³/mol. The summed E-state index contributed by atoms with van der Waals surface area (Å²) in [6.07, 6.45) is -3.66. The van der Waals surface area contributed by atoms with Gasteiger partial charge in [-0.15, -0.1) is 0 Å². The highest BCUT2D eigenvalue weighted by Gasteiger charge is 2.33. The summed E-state index contributed by atoms with van der Waals surface area (Å²) in [5.74, 6) is 0.770. The van der Waals surface area contributed by atoms with Gasteiger partial charge in [-0.3, -0.25) is 0 Å². The summed E-state index contributed by atoms with van der Waals surface area (Å²) in [4.78, 5) is 11.1. The van der Waals surface area contributed by atoms with Gasteiger partial charge in [-0.1, -0.05) is 41.9 Å². The van der Waals surface area contributed by atoms with E-state index in [1.165, 1.54) is 12.1 Å². The van der Waals surface area contributed by atoms with Crippen molar-refractivity contribution in [2.24, 2.45) is 0 Å². The number of anilines is 3. The Kier molecular flexibility index (Phi) is 7.35. The van der Waals surface area contributed by atoms with Gasteiger partial charge in [0.2, 0.25) is 5.95 Å². The molecule has 5 nitrogen and oxygen atoms in total. The molecular weight excluding hydrogens is 427 g/mol. The SMILES string of the molecule is CN(C)CCCNc1nc(Nc2ccc(Cl)c(C(F)(F)F)c2)cc(-c2ccccc2)n1. The van der Waals surface area contributed by atoms with Gasteiger partial charge >= 0.3 is 6.18 Å². The minimum atomic E-state index is -4.55. The molecule has 0 saturated heterocycles. The number of aromatic nitrogens is 2. The van der Waals surface area contributed by atoms with Crippen LogP contribution >= 0.6 is 11.6 Å². The van der Waals surface area contributed by atoms with Crippen molar-refractivity contribution in [3.05, 3.63) is 65.2 Å². The number of nitrogens with zero attached hydrogens (tertiary/aromatic N) is 3. The van der Waals surface area contributed by atoms with E-state index in [1.807, 2.05) is 44.4 Å². The third kappa shape index (κ3) is 6.57. The van der Waals surface area contributed by atoms with Gasteiger partial charge in [-0.25, -0.2) is 4.98 Å². The van der Waals surface area contributed by atoms with Gasteiger partial charge in [0.15, 0.2) is 0 Å². The van der Waals surface area contributed by atoms with Crippen molar-refractivity contribution in [1.82, 2.24) is 14.9 Å². The number of nitrogens with one attached hydrogen (secondary N) is 2. The number of hydrogen-bond acceptors (Lipinski definition) is 5. The Hall–Kier alpha value is -2.84. The molecule has 0 aliphatic rings. The lowest BCUT2D eigenvalue weighted by atomic mass is 10.1. The molecule has 0 atom stereocenters. The van der Waals surface area contributed by atoms with E-state index in [2.05, 4.69) is 25.5 Å². The van der Waals surface area contributed by atoms with E-state index in [0.717, 1.165) is 24.6 Å². The van der Waals surface area contributed by atoms with Crippen LogP contribution in [0.2, 0.25) is 5.02 Å². The molecule has 2 aromatic carbocycles. The van der Waals surface area contributed by atoms with E-state index in [0.29, 0.717) is 24.0 Å². The molecule has 0 spiro atoms. The molecule has 0 aliphatic carbocycles. The first-order chi connectivity index (χ1) is 14.7. The van der Waals surface area contributed by atoms with Crippen LogP contribution < -0.4 is 10.6 Å². The first-order valence-corrected chi connectivity index (χ1v) is 10.1. The summed E-state index contributed by atoms with van der Waals surface area (Å²) >= 11 is 5.72. The summed E-state index contributed by atoms with van der Waals surface area (Å²) in [5.41, 5.74) is 0.848. The average Bonchev–Trinajstić information content (AvgIpc) is 2.72. The van der Waals surface area contributed by atoms with Crippen LogP contribution in [0.25, 0.3) is 11.3 Å². The molecule has 3 rings (SSSR count). The Labute approximate surface area is 184 Å². The smallest absolute Gasteiger partial charge is 0.354 e. The molecule has 0 bridgehead atoms. The molecule has 31 heavy (non-hydrogen) atoms. The Bertz CT molecular complexity index is 1010. The lowest BCUT2D eigenvalue weighted by Crippen LogP contribution is -2.17. The fraction of sp³-hybridized carbons (Fsp3) is 0.273. The molecule has 0 aliphatic heterocycles. The number of benzene rings is 2. The zero-order chi connectivity index (χ0) is 22.4. The van der Waals surface area contributed by atoms with Gasteiger partial charge in [0.1, 0.15) is 5.82 Å². The van der Waals surface area contributed by atoms with Crippen LogP contribution in [0.4, 0.5) is 30.6 Å². The number of halogens is 4. The summed E-state index contributed by atoms with van der Waals surface area (Å²) in [6, 6.07) is 14.9. The van der Waals surface area contributed by atoms with Gasteiger partial charge < -0.3 is 15.5 Å². The quantitative estimate of drug-likeness (QED) is 0.418. The lowest BCUT2D eigenvalue weighted by molar-refractivity contribution is -0.137. The fourth-order valence-electron chi connectivity index (χ4n) is 2.91.